The molecule has 0 saturated heterocycles. The van der Waals surface area contributed by atoms with Crippen LogP contribution in [0.2, 0.25) is 0 Å². The van der Waals surface area contributed by atoms with E-state index in [1.807, 2.05) is 16.7 Å². The van der Waals surface area contributed by atoms with Crippen molar-refractivity contribution >= 4 is 0 Å². The van der Waals surface area contributed by atoms with Gasteiger partial charge in [-0.1, -0.05) is 49.7 Å². The maximum Gasteiger partial charge on any atom is 0.00128 e. The lowest BCUT2D eigenvalue weighted by atomic mass is 9.79. The summed E-state index contributed by atoms with van der Waals surface area (Å²) < 4.78 is 0. The van der Waals surface area contributed by atoms with Crippen LogP contribution in [0, 0.1) is 11.8 Å². The van der Waals surface area contributed by atoms with Crippen LogP contribution in [-0.4, -0.2) is 25.5 Å². The van der Waals surface area contributed by atoms with Crippen LogP contribution in [0.3, 0.4) is 0 Å². The minimum Gasteiger partial charge on any atom is -0.309 e. The predicted molar refractivity (Wildman–Crippen MR) is 101 cm³/mol. The number of hydrogen-bond acceptors (Lipinski definition) is 1. The van der Waals surface area contributed by atoms with Crippen molar-refractivity contribution < 1.29 is 0 Å². The lowest BCUT2D eigenvalue weighted by Gasteiger charge is -2.27. The topological polar surface area (TPSA) is 3.24 Å². The first-order valence-electron chi connectivity index (χ1n) is 10.2. The lowest BCUT2D eigenvalue weighted by Crippen LogP contribution is -2.15. The fraction of sp³-hybridized carbons (Fsp3) is 0.818. The molecule has 0 aromatic heterocycles. The van der Waals surface area contributed by atoms with E-state index in [9.17, 15) is 0 Å². The Morgan fingerprint density at radius 3 is 1.96 bits per heavy atom. The Balaban J connectivity index is 1.80. The number of allylic oxidation sites excluding steroid dienone is 3. The van der Waals surface area contributed by atoms with Crippen LogP contribution in [-0.2, 0) is 0 Å². The standard InChI is InChI=1S/C22H37N/c1-17-21(18-10-6-4-7-11-18)16-20(14-15-23(2)3)22(17)19-12-8-5-9-13-19/h18-19H,4-16H2,1-3H3. The van der Waals surface area contributed by atoms with Crippen molar-refractivity contribution in [1.82, 2.24) is 4.90 Å². The van der Waals surface area contributed by atoms with E-state index >= 15 is 0 Å². The first-order valence-corrected chi connectivity index (χ1v) is 10.2. The van der Waals surface area contributed by atoms with Gasteiger partial charge in [0.15, 0.2) is 0 Å². The fourth-order valence-electron chi connectivity index (χ4n) is 5.37. The van der Waals surface area contributed by atoms with Crippen molar-refractivity contribution in [3.05, 3.63) is 22.3 Å². The molecule has 0 spiro atoms. The van der Waals surface area contributed by atoms with Crippen LogP contribution < -0.4 is 0 Å². The first kappa shape index (κ1) is 17.3. The van der Waals surface area contributed by atoms with E-state index in [-0.39, 0.29) is 0 Å². The van der Waals surface area contributed by atoms with Gasteiger partial charge in [0.05, 0.1) is 0 Å². The van der Waals surface area contributed by atoms with Crippen molar-refractivity contribution in [2.24, 2.45) is 11.8 Å². The van der Waals surface area contributed by atoms with Crippen LogP contribution in [0.1, 0.15) is 84.0 Å². The highest BCUT2D eigenvalue weighted by molar-refractivity contribution is 5.48. The second-order valence-electron chi connectivity index (χ2n) is 8.57. The van der Waals surface area contributed by atoms with E-state index in [4.69, 9.17) is 0 Å². The minimum absolute atomic E-state index is 0.891. The third kappa shape index (κ3) is 4.10. The van der Waals surface area contributed by atoms with E-state index < -0.39 is 0 Å². The normalized spacial score (nSPS) is 25.0. The molecule has 2 saturated carbocycles. The molecule has 0 unspecified atom stereocenters. The van der Waals surface area contributed by atoms with Crippen LogP contribution in [0.15, 0.2) is 22.3 Å². The highest BCUT2D eigenvalue weighted by Crippen LogP contribution is 2.47. The van der Waals surface area contributed by atoms with E-state index in [2.05, 4.69) is 25.9 Å². The third-order valence-electron chi connectivity index (χ3n) is 6.64. The highest BCUT2D eigenvalue weighted by Gasteiger charge is 2.31. The Morgan fingerprint density at radius 2 is 1.39 bits per heavy atom. The van der Waals surface area contributed by atoms with E-state index in [0.29, 0.717) is 0 Å². The summed E-state index contributed by atoms with van der Waals surface area (Å²) >= 11 is 0. The molecule has 23 heavy (non-hydrogen) atoms. The zero-order valence-corrected chi connectivity index (χ0v) is 15.8. The molecule has 0 atom stereocenters. The van der Waals surface area contributed by atoms with Gasteiger partial charge in [-0.05, 0) is 82.5 Å². The summed E-state index contributed by atoms with van der Waals surface area (Å²) in [5.74, 6) is 1.81. The van der Waals surface area contributed by atoms with Gasteiger partial charge < -0.3 is 4.90 Å². The molecule has 3 aliphatic rings. The molecule has 2 fully saturated rings. The van der Waals surface area contributed by atoms with Gasteiger partial charge in [-0.2, -0.15) is 0 Å². The summed E-state index contributed by atoms with van der Waals surface area (Å²) in [6.45, 7) is 3.70. The summed E-state index contributed by atoms with van der Waals surface area (Å²) in [7, 11) is 4.44. The zero-order chi connectivity index (χ0) is 16.2. The smallest absolute Gasteiger partial charge is 0.00128 e. The summed E-state index contributed by atoms with van der Waals surface area (Å²) in [5, 5.41) is 0. The number of rotatable bonds is 5. The Hall–Kier alpha value is -0.560. The van der Waals surface area contributed by atoms with Crippen LogP contribution in [0.25, 0.3) is 0 Å². The maximum atomic E-state index is 2.48. The molecule has 0 aliphatic heterocycles. The summed E-state index contributed by atoms with van der Waals surface area (Å²) in [5.41, 5.74) is 7.27. The van der Waals surface area contributed by atoms with Crippen molar-refractivity contribution in [1.29, 1.82) is 0 Å². The van der Waals surface area contributed by atoms with Gasteiger partial charge in [0, 0.05) is 6.54 Å². The van der Waals surface area contributed by atoms with E-state index in [0.717, 1.165) is 11.8 Å². The van der Waals surface area contributed by atoms with E-state index in [1.165, 1.54) is 83.6 Å². The van der Waals surface area contributed by atoms with E-state index in [1.54, 1.807) is 5.57 Å². The SMILES string of the molecule is CC1=C(C2CCCCC2)CC(CCN(C)C)=C1C1CCCCC1. The Bertz CT molecular complexity index is 456. The third-order valence-corrected chi connectivity index (χ3v) is 6.64. The van der Waals surface area contributed by atoms with Gasteiger partial charge in [0.1, 0.15) is 0 Å². The predicted octanol–water partition coefficient (Wildman–Crippen LogP) is 6.12. The van der Waals surface area contributed by atoms with Crippen molar-refractivity contribution in [3.8, 4) is 0 Å². The monoisotopic (exact) mass is 315 g/mol. The molecule has 0 aromatic rings. The molecular formula is C22H37N. The summed E-state index contributed by atoms with van der Waals surface area (Å²) in [6.07, 6.45) is 17.3. The summed E-state index contributed by atoms with van der Waals surface area (Å²) in [6, 6.07) is 0. The molecule has 0 amide bonds. The summed E-state index contributed by atoms with van der Waals surface area (Å²) in [4.78, 5) is 2.36. The average molecular weight is 316 g/mol. The van der Waals surface area contributed by atoms with Gasteiger partial charge in [-0.3, -0.25) is 0 Å². The second-order valence-corrected chi connectivity index (χ2v) is 8.57. The van der Waals surface area contributed by atoms with Crippen LogP contribution >= 0.6 is 0 Å². The molecule has 1 nitrogen and oxygen atoms in total. The van der Waals surface area contributed by atoms with Crippen molar-refractivity contribution in [2.45, 2.75) is 84.0 Å². The molecule has 130 valence electrons. The molecule has 3 aliphatic carbocycles. The highest BCUT2D eigenvalue weighted by atomic mass is 15.0. The van der Waals surface area contributed by atoms with Crippen LogP contribution in [0.4, 0.5) is 0 Å². The Kier molecular flexibility index (Phi) is 6.01. The largest absolute Gasteiger partial charge is 0.309 e. The lowest BCUT2D eigenvalue weighted by molar-refractivity contribution is 0.393. The molecule has 0 N–H and O–H groups in total. The van der Waals surface area contributed by atoms with Gasteiger partial charge in [-0.25, -0.2) is 0 Å². The second kappa shape index (κ2) is 8.01. The molecule has 1 heteroatoms. The molecule has 0 aromatic carbocycles. The van der Waals surface area contributed by atoms with Crippen molar-refractivity contribution in [2.75, 3.05) is 20.6 Å². The zero-order valence-electron chi connectivity index (χ0n) is 15.8. The average Bonchev–Trinajstić information content (AvgIpc) is 2.91. The first-order chi connectivity index (χ1) is 11.2. The quantitative estimate of drug-likeness (QED) is 0.591. The van der Waals surface area contributed by atoms with Gasteiger partial charge >= 0.3 is 0 Å². The number of nitrogens with zero attached hydrogens (tertiary/aromatic N) is 1. The van der Waals surface area contributed by atoms with Gasteiger partial charge in [0.25, 0.3) is 0 Å². The maximum absolute atomic E-state index is 2.48. The molecule has 3 rings (SSSR count). The molecule has 0 bridgehead atoms. The van der Waals surface area contributed by atoms with Gasteiger partial charge in [0.2, 0.25) is 0 Å². The molecular weight excluding hydrogens is 278 g/mol. The Labute approximate surface area is 144 Å². The number of hydrogen-bond donors (Lipinski definition) is 0. The minimum atomic E-state index is 0.891. The Morgan fingerprint density at radius 1 is 0.826 bits per heavy atom. The van der Waals surface area contributed by atoms with Gasteiger partial charge in [-0.15, -0.1) is 0 Å². The molecule has 0 radical (unpaired) electrons. The van der Waals surface area contributed by atoms with Crippen molar-refractivity contribution in [3.63, 3.8) is 0 Å². The van der Waals surface area contributed by atoms with Crippen LogP contribution in [0.5, 0.6) is 0 Å². The fourth-order valence-corrected chi connectivity index (χ4v) is 5.37. The molecule has 0 heterocycles.